The number of halogens is 1. The Labute approximate surface area is 136 Å². The summed E-state index contributed by atoms with van der Waals surface area (Å²) >= 11 is 5.84. The van der Waals surface area contributed by atoms with Gasteiger partial charge in [0.05, 0.1) is 6.10 Å². The molecule has 1 aromatic rings. The number of hydrogen-bond donors (Lipinski definition) is 3. The van der Waals surface area contributed by atoms with Gasteiger partial charge >= 0.3 is 11.8 Å². The Morgan fingerprint density at radius 3 is 2.41 bits per heavy atom. The lowest BCUT2D eigenvalue weighted by molar-refractivity contribution is -0.136. The number of benzene rings is 1. The van der Waals surface area contributed by atoms with Gasteiger partial charge in [0, 0.05) is 17.3 Å². The molecule has 122 valence electrons. The molecule has 22 heavy (non-hydrogen) atoms. The van der Waals surface area contributed by atoms with Crippen LogP contribution in [0.1, 0.15) is 32.3 Å². The lowest BCUT2D eigenvalue weighted by Gasteiger charge is -2.20. The Kier molecular flexibility index (Phi) is 7.35. The molecule has 0 heterocycles. The van der Waals surface area contributed by atoms with Crippen LogP contribution in [0.2, 0.25) is 5.02 Å². The summed E-state index contributed by atoms with van der Waals surface area (Å²) in [5.41, 5.74) is 1.30. The summed E-state index contributed by atoms with van der Waals surface area (Å²) in [6, 6.07) is 4.98. The predicted octanol–water partition coefficient (Wildman–Crippen LogP) is 2.50. The molecule has 0 saturated carbocycles. The molecular formula is C16H23ClN2O3. The molecule has 0 aliphatic heterocycles. The van der Waals surface area contributed by atoms with E-state index in [1.165, 1.54) is 0 Å². The molecule has 0 spiro atoms. The van der Waals surface area contributed by atoms with Gasteiger partial charge in [0.15, 0.2) is 0 Å². The van der Waals surface area contributed by atoms with Gasteiger partial charge in [-0.25, -0.2) is 0 Å². The number of aliphatic hydroxyl groups excluding tert-OH is 1. The number of anilines is 1. The maximum Gasteiger partial charge on any atom is 0.313 e. The van der Waals surface area contributed by atoms with Crippen LogP contribution in [-0.2, 0) is 9.59 Å². The van der Waals surface area contributed by atoms with E-state index in [1.807, 2.05) is 13.8 Å². The lowest BCUT2D eigenvalue weighted by Crippen LogP contribution is -2.41. The first-order valence-corrected chi connectivity index (χ1v) is 7.80. The molecule has 1 aromatic carbocycles. The van der Waals surface area contributed by atoms with Crippen molar-refractivity contribution in [2.24, 2.45) is 5.92 Å². The monoisotopic (exact) mass is 326 g/mol. The van der Waals surface area contributed by atoms with Crippen LogP contribution in [0.4, 0.5) is 5.69 Å². The van der Waals surface area contributed by atoms with Crippen molar-refractivity contribution in [2.45, 2.75) is 39.7 Å². The van der Waals surface area contributed by atoms with Crippen LogP contribution in [-0.4, -0.2) is 29.6 Å². The first kappa shape index (κ1) is 18.5. The second kappa shape index (κ2) is 8.76. The van der Waals surface area contributed by atoms with E-state index in [0.29, 0.717) is 10.7 Å². The maximum atomic E-state index is 11.8. The third-order valence-corrected chi connectivity index (χ3v) is 3.94. The zero-order chi connectivity index (χ0) is 16.7. The fraction of sp³-hybridized carbons (Fsp3) is 0.500. The highest BCUT2D eigenvalue weighted by molar-refractivity contribution is 6.39. The Morgan fingerprint density at radius 2 is 1.86 bits per heavy atom. The minimum absolute atomic E-state index is 0.0677. The van der Waals surface area contributed by atoms with Gasteiger partial charge < -0.3 is 15.7 Å². The van der Waals surface area contributed by atoms with Gasteiger partial charge in [0.2, 0.25) is 0 Å². The van der Waals surface area contributed by atoms with E-state index in [4.69, 9.17) is 11.6 Å². The fourth-order valence-electron chi connectivity index (χ4n) is 2.22. The Hall–Kier alpha value is -1.59. The molecule has 0 radical (unpaired) electrons. The van der Waals surface area contributed by atoms with Crippen molar-refractivity contribution in [3.8, 4) is 0 Å². The van der Waals surface area contributed by atoms with Crippen molar-refractivity contribution in [3.63, 3.8) is 0 Å². The molecule has 5 nitrogen and oxygen atoms in total. The summed E-state index contributed by atoms with van der Waals surface area (Å²) in [5.74, 6) is -1.41. The van der Waals surface area contributed by atoms with Crippen LogP contribution in [0.25, 0.3) is 0 Å². The number of carbonyl (C=O) groups is 2. The van der Waals surface area contributed by atoms with Gasteiger partial charge in [-0.15, -0.1) is 0 Å². The van der Waals surface area contributed by atoms with Crippen LogP contribution < -0.4 is 10.6 Å². The van der Waals surface area contributed by atoms with E-state index in [1.54, 1.807) is 25.1 Å². The summed E-state index contributed by atoms with van der Waals surface area (Å²) < 4.78 is 0. The molecule has 1 rings (SSSR count). The molecule has 0 aliphatic carbocycles. The molecule has 3 N–H and O–H groups in total. The molecule has 1 unspecified atom stereocenters. The van der Waals surface area contributed by atoms with Crippen LogP contribution >= 0.6 is 11.6 Å². The Bertz CT molecular complexity index is 530. The molecule has 0 bridgehead atoms. The summed E-state index contributed by atoms with van der Waals surface area (Å²) in [5, 5.41) is 15.5. The summed E-state index contributed by atoms with van der Waals surface area (Å²) in [6.07, 6.45) is 0.997. The van der Waals surface area contributed by atoms with Crippen molar-refractivity contribution >= 4 is 29.1 Å². The van der Waals surface area contributed by atoms with E-state index >= 15 is 0 Å². The van der Waals surface area contributed by atoms with Gasteiger partial charge in [-0.1, -0.05) is 38.3 Å². The van der Waals surface area contributed by atoms with Crippen molar-refractivity contribution in [1.29, 1.82) is 0 Å². The molecule has 0 aliphatic rings. The highest BCUT2D eigenvalue weighted by Gasteiger charge is 2.19. The van der Waals surface area contributed by atoms with Crippen LogP contribution in [0, 0.1) is 12.8 Å². The summed E-state index contributed by atoms with van der Waals surface area (Å²) in [7, 11) is 0. The fourth-order valence-corrected chi connectivity index (χ4v) is 2.45. The lowest BCUT2D eigenvalue weighted by atomic mass is 9.96. The zero-order valence-corrected chi connectivity index (χ0v) is 13.9. The highest BCUT2D eigenvalue weighted by atomic mass is 35.5. The molecule has 1 atom stereocenters. The maximum absolute atomic E-state index is 11.8. The molecular weight excluding hydrogens is 304 g/mol. The summed E-state index contributed by atoms with van der Waals surface area (Å²) in [4.78, 5) is 23.6. The number of rotatable bonds is 6. The smallest absolute Gasteiger partial charge is 0.313 e. The van der Waals surface area contributed by atoms with E-state index in [0.717, 1.165) is 18.4 Å². The second-order valence-corrected chi connectivity index (χ2v) is 5.70. The molecule has 2 amide bonds. The van der Waals surface area contributed by atoms with Crippen molar-refractivity contribution in [3.05, 3.63) is 28.8 Å². The first-order valence-electron chi connectivity index (χ1n) is 7.42. The van der Waals surface area contributed by atoms with E-state index in [-0.39, 0.29) is 12.5 Å². The minimum atomic E-state index is -0.764. The van der Waals surface area contributed by atoms with Gasteiger partial charge in [-0.2, -0.15) is 0 Å². The standard InChI is InChI=1S/C16H23ClN2O3/c1-4-11(5-2)14(20)9-18-15(21)16(22)19-13-7-6-12(17)8-10(13)3/h6-8,11,14,20H,4-5,9H2,1-3H3,(H,18,21)(H,19,22). The molecule has 0 aromatic heterocycles. The minimum Gasteiger partial charge on any atom is -0.391 e. The van der Waals surface area contributed by atoms with E-state index < -0.39 is 17.9 Å². The van der Waals surface area contributed by atoms with Crippen molar-refractivity contribution in [2.75, 3.05) is 11.9 Å². The number of amides is 2. The van der Waals surface area contributed by atoms with E-state index in [2.05, 4.69) is 10.6 Å². The number of carbonyl (C=O) groups excluding carboxylic acids is 2. The average Bonchev–Trinajstić information content (AvgIpc) is 2.48. The van der Waals surface area contributed by atoms with Crippen LogP contribution in [0.15, 0.2) is 18.2 Å². The Morgan fingerprint density at radius 1 is 1.23 bits per heavy atom. The largest absolute Gasteiger partial charge is 0.391 e. The zero-order valence-electron chi connectivity index (χ0n) is 13.1. The van der Waals surface area contributed by atoms with Gasteiger partial charge in [0.1, 0.15) is 0 Å². The third-order valence-electron chi connectivity index (χ3n) is 3.71. The third kappa shape index (κ3) is 5.31. The average molecular weight is 327 g/mol. The first-order chi connectivity index (χ1) is 10.4. The topological polar surface area (TPSA) is 78.4 Å². The van der Waals surface area contributed by atoms with Crippen molar-refractivity contribution in [1.82, 2.24) is 5.32 Å². The van der Waals surface area contributed by atoms with Crippen LogP contribution in [0.3, 0.4) is 0 Å². The predicted molar refractivity (Wildman–Crippen MR) is 87.9 cm³/mol. The molecule has 6 heteroatoms. The number of hydrogen-bond acceptors (Lipinski definition) is 3. The number of aryl methyl sites for hydroxylation is 1. The number of aliphatic hydroxyl groups is 1. The summed E-state index contributed by atoms with van der Waals surface area (Å²) in [6.45, 7) is 5.82. The molecule has 0 saturated heterocycles. The Balaban J connectivity index is 2.53. The second-order valence-electron chi connectivity index (χ2n) is 5.27. The van der Waals surface area contributed by atoms with Gasteiger partial charge in [-0.3, -0.25) is 9.59 Å². The van der Waals surface area contributed by atoms with E-state index in [9.17, 15) is 14.7 Å². The molecule has 0 fully saturated rings. The van der Waals surface area contributed by atoms with Gasteiger partial charge in [-0.05, 0) is 36.6 Å². The van der Waals surface area contributed by atoms with Crippen molar-refractivity contribution < 1.29 is 14.7 Å². The SMILES string of the molecule is CCC(CC)C(O)CNC(=O)C(=O)Nc1ccc(Cl)cc1C. The number of nitrogens with one attached hydrogen (secondary N) is 2. The van der Waals surface area contributed by atoms with Gasteiger partial charge in [0.25, 0.3) is 0 Å². The normalized spacial score (nSPS) is 12.1. The quantitative estimate of drug-likeness (QED) is 0.703. The van der Waals surface area contributed by atoms with Crippen LogP contribution in [0.5, 0.6) is 0 Å². The highest BCUT2D eigenvalue weighted by Crippen LogP contribution is 2.19.